The summed E-state index contributed by atoms with van der Waals surface area (Å²) in [5.41, 5.74) is 0.922. The summed E-state index contributed by atoms with van der Waals surface area (Å²) in [5.74, 6) is -0.816. The number of carbonyl (C=O) groups is 1. The van der Waals surface area contributed by atoms with E-state index in [1.807, 2.05) is 30.3 Å². The summed E-state index contributed by atoms with van der Waals surface area (Å²) in [5, 5.41) is 12.5. The molecule has 0 saturated carbocycles. The second kappa shape index (κ2) is 23.2. The Morgan fingerprint density at radius 3 is 1.74 bits per heavy atom. The number of carboxylic acid groups (broad SMARTS) is 1. The average molecular weight is 451 g/mol. The van der Waals surface area contributed by atoms with Crippen molar-refractivity contribution >= 4 is 28.6 Å². The molecule has 31 heavy (non-hydrogen) atoms. The second-order valence-corrected chi connectivity index (χ2v) is 8.86. The molecule has 178 valence electrons. The van der Waals surface area contributed by atoms with Gasteiger partial charge in [-0.2, -0.15) is 0 Å². The number of rotatable bonds is 16. The van der Waals surface area contributed by atoms with Crippen molar-refractivity contribution in [1.82, 2.24) is 0 Å². The van der Waals surface area contributed by atoms with Crippen LogP contribution in [0.4, 0.5) is 5.69 Å². The van der Waals surface area contributed by atoms with Gasteiger partial charge in [0.1, 0.15) is 0 Å². The van der Waals surface area contributed by atoms with Crippen LogP contribution >= 0.6 is 11.8 Å². The molecule has 1 aromatic carbocycles. The van der Waals surface area contributed by atoms with Crippen LogP contribution in [0.3, 0.4) is 0 Å². The summed E-state index contributed by atoms with van der Waals surface area (Å²) in [6.07, 6.45) is 18.0. The van der Waals surface area contributed by atoms with Gasteiger partial charge < -0.3 is 10.4 Å². The van der Waals surface area contributed by atoms with Gasteiger partial charge in [-0.25, -0.2) is 0 Å². The minimum atomic E-state index is -0.835. The van der Waals surface area contributed by atoms with Crippen LogP contribution in [-0.4, -0.2) is 28.5 Å². The number of nitrogens with zero attached hydrogens (tertiary/aromatic N) is 1. The summed E-state index contributed by atoms with van der Waals surface area (Å²) < 4.78 is 0. The zero-order valence-corrected chi connectivity index (χ0v) is 21.0. The van der Waals surface area contributed by atoms with Crippen molar-refractivity contribution in [1.29, 1.82) is 0 Å². The molecule has 1 rings (SSSR count). The molecule has 0 aliphatic heterocycles. The molecule has 0 aliphatic rings. The molecule has 0 amide bonds. The molecule has 0 spiro atoms. The molecule has 0 fully saturated rings. The Morgan fingerprint density at radius 1 is 0.806 bits per heavy atom. The lowest BCUT2D eigenvalue weighted by atomic mass is 10.1. The lowest BCUT2D eigenvalue weighted by Gasteiger charge is -2.08. The Hall–Kier alpha value is -1.49. The smallest absolute Gasteiger partial charge is 0.313 e. The third-order valence-corrected chi connectivity index (χ3v) is 5.73. The maximum atomic E-state index is 10.6. The number of benzene rings is 1. The van der Waals surface area contributed by atoms with Gasteiger partial charge >= 0.3 is 5.97 Å². The number of aliphatic imine (C=N–C) groups is 1. The maximum absolute atomic E-state index is 10.6. The number of aliphatic carboxylic acids is 1. The first kappa shape index (κ1) is 29.5. The van der Waals surface area contributed by atoms with Gasteiger partial charge in [0.15, 0.2) is 5.17 Å². The standard InChI is InChI=1S/C13H18N2O2S.C13H28/c1-2-3-9-14-13(18-10-12(16)17)15-11-7-5-4-6-8-11;1-3-5-7-9-11-13-12-10-8-6-4-2/h4-8H,2-3,9-10H2,1H3,(H,14,15)(H,16,17);3-13H2,1-2H3. The first-order chi connectivity index (χ1) is 15.1. The SMILES string of the molecule is CCCCCCCCCCCCC.CCCCN=C(Nc1ccccc1)SCC(=O)O. The van der Waals surface area contributed by atoms with Gasteiger partial charge in [0.25, 0.3) is 0 Å². The van der Waals surface area contributed by atoms with Gasteiger partial charge in [0, 0.05) is 12.2 Å². The Balaban J connectivity index is 0.000000615. The van der Waals surface area contributed by atoms with E-state index in [2.05, 4.69) is 31.1 Å². The molecule has 0 heterocycles. The van der Waals surface area contributed by atoms with Crippen LogP contribution in [0.25, 0.3) is 0 Å². The first-order valence-electron chi connectivity index (χ1n) is 12.3. The van der Waals surface area contributed by atoms with E-state index >= 15 is 0 Å². The number of anilines is 1. The molecule has 0 aromatic heterocycles. The van der Waals surface area contributed by atoms with E-state index < -0.39 is 5.97 Å². The van der Waals surface area contributed by atoms with E-state index in [1.54, 1.807) is 0 Å². The predicted molar refractivity (Wildman–Crippen MR) is 140 cm³/mol. The minimum absolute atomic E-state index is 0.0186. The van der Waals surface area contributed by atoms with Crippen molar-refractivity contribution in [3.8, 4) is 0 Å². The molecule has 0 radical (unpaired) electrons. The monoisotopic (exact) mass is 450 g/mol. The number of thioether (sulfide) groups is 1. The number of carboxylic acids is 1. The summed E-state index contributed by atoms with van der Waals surface area (Å²) in [6.45, 7) is 7.39. The van der Waals surface area contributed by atoms with Crippen LogP contribution in [0, 0.1) is 0 Å². The second-order valence-electron chi connectivity index (χ2n) is 7.90. The summed E-state index contributed by atoms with van der Waals surface area (Å²) in [7, 11) is 0. The average Bonchev–Trinajstić information content (AvgIpc) is 2.77. The molecule has 0 bridgehead atoms. The van der Waals surface area contributed by atoms with Gasteiger partial charge in [0.05, 0.1) is 5.75 Å². The highest BCUT2D eigenvalue weighted by Gasteiger charge is 2.04. The number of hydrogen-bond acceptors (Lipinski definition) is 3. The van der Waals surface area contributed by atoms with Gasteiger partial charge in [-0.1, -0.05) is 128 Å². The Bertz CT molecular complexity index is 540. The Morgan fingerprint density at radius 2 is 1.29 bits per heavy atom. The van der Waals surface area contributed by atoms with Crippen LogP contribution in [0.2, 0.25) is 0 Å². The maximum Gasteiger partial charge on any atom is 0.313 e. The zero-order valence-electron chi connectivity index (χ0n) is 20.2. The highest BCUT2D eigenvalue weighted by Crippen LogP contribution is 2.12. The molecule has 0 aliphatic carbocycles. The van der Waals surface area contributed by atoms with Crippen LogP contribution in [0.5, 0.6) is 0 Å². The minimum Gasteiger partial charge on any atom is -0.481 e. The summed E-state index contributed by atoms with van der Waals surface area (Å²) in [6, 6.07) is 9.64. The predicted octanol–water partition coefficient (Wildman–Crippen LogP) is 8.39. The van der Waals surface area contributed by atoms with E-state index in [0.717, 1.165) is 25.1 Å². The largest absolute Gasteiger partial charge is 0.481 e. The van der Waals surface area contributed by atoms with Gasteiger partial charge in [-0.3, -0.25) is 9.79 Å². The van der Waals surface area contributed by atoms with Crippen molar-refractivity contribution in [2.45, 2.75) is 104 Å². The fraction of sp³-hybridized carbons (Fsp3) is 0.692. The highest BCUT2D eigenvalue weighted by atomic mass is 32.2. The van der Waals surface area contributed by atoms with Crippen molar-refractivity contribution in [2.75, 3.05) is 17.6 Å². The Kier molecular flexibility index (Phi) is 22.1. The molecule has 0 atom stereocenters. The highest BCUT2D eigenvalue weighted by molar-refractivity contribution is 8.14. The number of unbranched alkanes of at least 4 members (excludes halogenated alkanes) is 11. The first-order valence-corrected chi connectivity index (χ1v) is 13.3. The normalized spacial score (nSPS) is 11.0. The van der Waals surface area contributed by atoms with Gasteiger partial charge in [-0.05, 0) is 18.6 Å². The van der Waals surface area contributed by atoms with Crippen molar-refractivity contribution < 1.29 is 9.90 Å². The summed E-state index contributed by atoms with van der Waals surface area (Å²) in [4.78, 5) is 15.0. The van der Waals surface area contributed by atoms with Crippen molar-refractivity contribution in [3.63, 3.8) is 0 Å². The zero-order chi connectivity index (χ0) is 23.0. The topological polar surface area (TPSA) is 61.7 Å². The van der Waals surface area contributed by atoms with Crippen LogP contribution in [-0.2, 0) is 4.79 Å². The van der Waals surface area contributed by atoms with E-state index in [4.69, 9.17) is 5.11 Å². The van der Waals surface area contributed by atoms with E-state index in [0.29, 0.717) is 5.17 Å². The van der Waals surface area contributed by atoms with Crippen molar-refractivity contribution in [2.24, 2.45) is 4.99 Å². The van der Waals surface area contributed by atoms with Gasteiger partial charge in [0.2, 0.25) is 0 Å². The number of hydrogen-bond donors (Lipinski definition) is 2. The van der Waals surface area contributed by atoms with Gasteiger partial charge in [-0.15, -0.1) is 0 Å². The molecule has 0 unspecified atom stereocenters. The van der Waals surface area contributed by atoms with Crippen molar-refractivity contribution in [3.05, 3.63) is 30.3 Å². The summed E-state index contributed by atoms with van der Waals surface area (Å²) >= 11 is 1.21. The molecule has 5 heteroatoms. The molecule has 1 aromatic rings. The van der Waals surface area contributed by atoms with Crippen LogP contribution < -0.4 is 5.32 Å². The van der Waals surface area contributed by atoms with Crippen LogP contribution in [0.1, 0.15) is 104 Å². The molecular formula is C26H46N2O2S. The fourth-order valence-electron chi connectivity index (χ4n) is 2.97. The molecule has 0 saturated heterocycles. The number of amidine groups is 1. The quantitative estimate of drug-likeness (QED) is 0.151. The number of nitrogens with one attached hydrogen (secondary N) is 1. The molecular weight excluding hydrogens is 404 g/mol. The molecule has 2 N–H and O–H groups in total. The van der Waals surface area contributed by atoms with Crippen LogP contribution in [0.15, 0.2) is 35.3 Å². The van der Waals surface area contributed by atoms with E-state index in [-0.39, 0.29) is 5.75 Å². The molecule has 4 nitrogen and oxygen atoms in total. The lowest BCUT2D eigenvalue weighted by molar-refractivity contribution is -0.133. The fourth-order valence-corrected chi connectivity index (χ4v) is 3.61. The van der Waals surface area contributed by atoms with E-state index in [9.17, 15) is 4.79 Å². The third kappa shape index (κ3) is 21.5. The number of para-hydroxylation sites is 1. The lowest BCUT2D eigenvalue weighted by Crippen LogP contribution is -2.12. The third-order valence-electron chi connectivity index (χ3n) is 4.83. The van der Waals surface area contributed by atoms with E-state index in [1.165, 1.54) is 82.4 Å². The Labute approximate surface area is 195 Å².